The molecule has 3 rings (SSSR count). The van der Waals surface area contributed by atoms with Gasteiger partial charge in [0.05, 0.1) is 12.6 Å². The molecule has 2 fully saturated rings. The molecule has 0 aromatic heterocycles. The predicted molar refractivity (Wildman–Crippen MR) is 77.3 cm³/mol. The van der Waals surface area contributed by atoms with Gasteiger partial charge in [0.15, 0.2) is 6.61 Å². The summed E-state index contributed by atoms with van der Waals surface area (Å²) in [5.41, 5.74) is 0.479. The summed E-state index contributed by atoms with van der Waals surface area (Å²) in [5.74, 6) is -0.968. The Balaban J connectivity index is 1.45. The van der Waals surface area contributed by atoms with Crippen molar-refractivity contribution >= 4 is 23.8 Å². The van der Waals surface area contributed by atoms with Crippen molar-refractivity contribution in [1.82, 2.24) is 15.1 Å². The largest absolute Gasteiger partial charge is 0.439 e. The average Bonchev–Trinajstić information content (AvgIpc) is 2.84. The summed E-state index contributed by atoms with van der Waals surface area (Å²) in [4.78, 5) is 49.2. The number of rotatable bonds is 4. The maximum Gasteiger partial charge on any atom is 0.417 e. The summed E-state index contributed by atoms with van der Waals surface area (Å²) in [7, 11) is 0. The van der Waals surface area contributed by atoms with Gasteiger partial charge >= 0.3 is 6.09 Å². The van der Waals surface area contributed by atoms with Crippen molar-refractivity contribution < 1.29 is 23.9 Å². The highest BCUT2D eigenvalue weighted by atomic mass is 16.6. The normalized spacial score (nSPS) is 17.7. The van der Waals surface area contributed by atoms with Crippen LogP contribution in [0, 0.1) is 0 Å². The molecule has 0 aliphatic carbocycles. The summed E-state index contributed by atoms with van der Waals surface area (Å²) < 4.78 is 4.64. The Kier molecular flexibility index (Phi) is 3.96. The van der Waals surface area contributed by atoms with E-state index in [1.54, 1.807) is 30.3 Å². The molecule has 1 N–H and O–H groups in total. The van der Waals surface area contributed by atoms with Gasteiger partial charge in [-0.2, -0.15) is 0 Å². The van der Waals surface area contributed by atoms with Crippen molar-refractivity contribution in [2.75, 3.05) is 26.2 Å². The molecule has 23 heavy (non-hydrogen) atoms. The topological polar surface area (TPSA) is 96.0 Å². The van der Waals surface area contributed by atoms with Crippen LogP contribution in [0.25, 0.3) is 0 Å². The van der Waals surface area contributed by atoms with Crippen LogP contribution in [0.15, 0.2) is 30.3 Å². The Morgan fingerprint density at radius 2 is 1.87 bits per heavy atom. The van der Waals surface area contributed by atoms with Crippen molar-refractivity contribution in [3.05, 3.63) is 35.9 Å². The molecule has 0 unspecified atom stereocenters. The second-order valence-electron chi connectivity index (χ2n) is 5.32. The molecule has 2 aliphatic heterocycles. The van der Waals surface area contributed by atoms with Gasteiger partial charge < -0.3 is 15.0 Å². The third kappa shape index (κ3) is 3.01. The summed E-state index contributed by atoms with van der Waals surface area (Å²) in [6, 6.07) is 8.25. The van der Waals surface area contributed by atoms with Crippen LogP contribution in [-0.2, 0) is 14.3 Å². The van der Waals surface area contributed by atoms with Crippen LogP contribution in [0.5, 0.6) is 0 Å². The molecule has 0 saturated carbocycles. The fraction of sp³-hybridized carbons (Fsp3) is 0.333. The number of nitrogens with one attached hydrogen (secondary N) is 1. The van der Waals surface area contributed by atoms with Gasteiger partial charge in [-0.05, 0) is 12.1 Å². The number of likely N-dealkylation sites (tertiary alicyclic amines) is 1. The van der Waals surface area contributed by atoms with E-state index in [2.05, 4.69) is 10.1 Å². The predicted octanol–water partition coefficient (Wildman–Crippen LogP) is -0.394. The van der Waals surface area contributed by atoms with E-state index in [9.17, 15) is 19.2 Å². The second-order valence-corrected chi connectivity index (χ2v) is 5.32. The van der Waals surface area contributed by atoms with Gasteiger partial charge in [0.2, 0.25) is 5.91 Å². The second kappa shape index (κ2) is 6.07. The highest BCUT2D eigenvalue weighted by Crippen LogP contribution is 2.19. The molecule has 8 heteroatoms. The highest BCUT2D eigenvalue weighted by Gasteiger charge is 2.44. The van der Waals surface area contributed by atoms with E-state index in [1.165, 1.54) is 4.90 Å². The number of hydrogen-bond acceptors (Lipinski definition) is 5. The van der Waals surface area contributed by atoms with Gasteiger partial charge in [0, 0.05) is 18.7 Å². The number of amides is 4. The zero-order chi connectivity index (χ0) is 16.4. The lowest BCUT2D eigenvalue weighted by atomic mass is 10.1. The molecular formula is C15H15N3O5. The molecule has 2 saturated heterocycles. The van der Waals surface area contributed by atoms with E-state index >= 15 is 0 Å². The number of ether oxygens (including phenoxy) is 1. The summed E-state index contributed by atoms with van der Waals surface area (Å²) in [6.45, 7) is 0.164. The van der Waals surface area contributed by atoms with E-state index in [0.29, 0.717) is 5.56 Å². The van der Waals surface area contributed by atoms with Crippen molar-refractivity contribution in [1.29, 1.82) is 0 Å². The minimum Gasteiger partial charge on any atom is -0.439 e. The van der Waals surface area contributed by atoms with Gasteiger partial charge in [0.25, 0.3) is 11.8 Å². The van der Waals surface area contributed by atoms with Gasteiger partial charge in [-0.1, -0.05) is 18.2 Å². The summed E-state index contributed by atoms with van der Waals surface area (Å²) in [6.07, 6.45) is -0.663. The quantitative estimate of drug-likeness (QED) is 0.815. The number of benzene rings is 1. The first-order valence-electron chi connectivity index (χ1n) is 7.16. The fourth-order valence-corrected chi connectivity index (χ4v) is 2.50. The maximum atomic E-state index is 12.0. The minimum absolute atomic E-state index is 0.126. The Morgan fingerprint density at radius 1 is 1.17 bits per heavy atom. The van der Waals surface area contributed by atoms with Crippen LogP contribution in [0.2, 0.25) is 0 Å². The number of carbonyl (C=O) groups is 4. The molecule has 2 heterocycles. The summed E-state index contributed by atoms with van der Waals surface area (Å²) >= 11 is 0. The van der Waals surface area contributed by atoms with Crippen LogP contribution in [0.4, 0.5) is 4.79 Å². The van der Waals surface area contributed by atoms with Gasteiger partial charge in [0.1, 0.15) is 0 Å². The standard InChI is InChI=1S/C15H15N3O5/c19-12(6-16-14(21)10-4-2-1-3-5-10)17-7-11(8-17)18-13(20)9-23-15(18)22/h1-5,11H,6-9H2,(H,16,21). The highest BCUT2D eigenvalue weighted by molar-refractivity contribution is 5.99. The number of cyclic esters (lactones) is 1. The van der Waals surface area contributed by atoms with Crippen molar-refractivity contribution in [2.45, 2.75) is 6.04 Å². The zero-order valence-corrected chi connectivity index (χ0v) is 12.2. The molecule has 8 nitrogen and oxygen atoms in total. The van der Waals surface area contributed by atoms with E-state index in [1.807, 2.05) is 0 Å². The minimum atomic E-state index is -0.663. The van der Waals surface area contributed by atoms with Crippen molar-refractivity contribution in [3.8, 4) is 0 Å². The Hall–Kier alpha value is -2.90. The van der Waals surface area contributed by atoms with Gasteiger partial charge in [-0.3, -0.25) is 14.4 Å². The van der Waals surface area contributed by atoms with Crippen LogP contribution >= 0.6 is 0 Å². The van der Waals surface area contributed by atoms with Gasteiger partial charge in [-0.25, -0.2) is 9.69 Å². The number of carbonyl (C=O) groups excluding carboxylic acids is 4. The van der Waals surface area contributed by atoms with E-state index in [0.717, 1.165) is 4.90 Å². The number of hydrogen-bond donors (Lipinski definition) is 1. The van der Waals surface area contributed by atoms with Crippen LogP contribution < -0.4 is 5.32 Å². The molecular weight excluding hydrogens is 302 g/mol. The molecule has 0 bridgehead atoms. The van der Waals surface area contributed by atoms with Crippen molar-refractivity contribution in [2.24, 2.45) is 0 Å². The maximum absolute atomic E-state index is 12.0. The molecule has 4 amide bonds. The number of imide groups is 1. The lowest BCUT2D eigenvalue weighted by molar-refractivity contribution is -0.141. The first-order chi connectivity index (χ1) is 11.1. The third-order valence-electron chi connectivity index (χ3n) is 3.80. The zero-order valence-electron chi connectivity index (χ0n) is 12.2. The van der Waals surface area contributed by atoms with Crippen LogP contribution in [0.1, 0.15) is 10.4 Å². The Morgan fingerprint density at radius 3 is 2.48 bits per heavy atom. The first kappa shape index (κ1) is 15.0. The molecule has 0 atom stereocenters. The molecule has 0 spiro atoms. The lowest BCUT2D eigenvalue weighted by Crippen LogP contribution is -2.63. The SMILES string of the molecule is O=C(NCC(=O)N1CC(N2C(=O)COC2=O)C1)c1ccccc1. The first-order valence-corrected chi connectivity index (χ1v) is 7.16. The third-order valence-corrected chi connectivity index (χ3v) is 3.80. The lowest BCUT2D eigenvalue weighted by Gasteiger charge is -2.41. The van der Waals surface area contributed by atoms with Crippen LogP contribution in [-0.4, -0.2) is 65.9 Å². The van der Waals surface area contributed by atoms with E-state index < -0.39 is 6.09 Å². The Bertz CT molecular complexity index is 638. The molecule has 120 valence electrons. The Labute approximate surface area is 132 Å². The molecule has 1 aromatic carbocycles. The van der Waals surface area contributed by atoms with Gasteiger partial charge in [-0.15, -0.1) is 0 Å². The summed E-state index contributed by atoms with van der Waals surface area (Å²) in [5, 5.41) is 2.55. The molecule has 0 radical (unpaired) electrons. The van der Waals surface area contributed by atoms with Crippen LogP contribution in [0.3, 0.4) is 0 Å². The van der Waals surface area contributed by atoms with Crippen molar-refractivity contribution in [3.63, 3.8) is 0 Å². The molecule has 1 aromatic rings. The monoisotopic (exact) mass is 317 g/mol. The smallest absolute Gasteiger partial charge is 0.417 e. The molecule has 2 aliphatic rings. The van der Waals surface area contributed by atoms with E-state index in [4.69, 9.17) is 0 Å². The fourth-order valence-electron chi connectivity index (χ4n) is 2.50. The number of nitrogens with zero attached hydrogens (tertiary/aromatic N) is 2. The average molecular weight is 317 g/mol. The van der Waals surface area contributed by atoms with E-state index in [-0.39, 0.29) is 50.0 Å².